The molecule has 0 bridgehead atoms. The van der Waals surface area contributed by atoms with Crippen molar-refractivity contribution in [2.45, 2.75) is 19.8 Å². The zero-order valence-electron chi connectivity index (χ0n) is 16.6. The fraction of sp³-hybridized carbons (Fsp3) is 0.103. The minimum atomic E-state index is 1.09. The second kappa shape index (κ2) is 6.32. The van der Waals surface area contributed by atoms with Gasteiger partial charge in [-0.1, -0.05) is 90.5 Å². The summed E-state index contributed by atoms with van der Waals surface area (Å²) in [6.45, 7) is 2.18. The first-order valence-corrected chi connectivity index (χ1v) is 10.4. The summed E-state index contributed by atoms with van der Waals surface area (Å²) in [6.07, 6.45) is 2.19. The molecular formula is C29H22. The van der Waals surface area contributed by atoms with Crippen molar-refractivity contribution in [1.82, 2.24) is 0 Å². The zero-order chi connectivity index (χ0) is 19.4. The topological polar surface area (TPSA) is 0 Å². The molecule has 0 spiro atoms. The van der Waals surface area contributed by atoms with E-state index in [2.05, 4.69) is 97.9 Å². The highest BCUT2D eigenvalue weighted by Crippen LogP contribution is 2.46. The van der Waals surface area contributed by atoms with Crippen molar-refractivity contribution < 1.29 is 0 Å². The third-order valence-corrected chi connectivity index (χ3v) is 6.40. The van der Waals surface area contributed by atoms with Crippen LogP contribution >= 0.6 is 0 Å². The van der Waals surface area contributed by atoms with E-state index in [9.17, 15) is 0 Å². The molecule has 0 atom stereocenters. The van der Waals surface area contributed by atoms with Crippen molar-refractivity contribution in [3.63, 3.8) is 0 Å². The maximum Gasteiger partial charge on any atom is -0.00580 e. The van der Waals surface area contributed by atoms with Crippen LogP contribution in [0.2, 0.25) is 0 Å². The van der Waals surface area contributed by atoms with Gasteiger partial charge < -0.3 is 0 Å². The fourth-order valence-electron chi connectivity index (χ4n) is 5.09. The van der Waals surface area contributed by atoms with Crippen LogP contribution in [-0.4, -0.2) is 0 Å². The Labute approximate surface area is 171 Å². The third kappa shape index (κ3) is 2.53. The Bertz CT molecular complexity index is 1400. The average molecular weight is 370 g/mol. The highest BCUT2D eigenvalue weighted by atomic mass is 14.3. The van der Waals surface area contributed by atoms with Gasteiger partial charge in [0.25, 0.3) is 0 Å². The fourth-order valence-corrected chi connectivity index (χ4v) is 5.09. The first-order valence-electron chi connectivity index (χ1n) is 10.4. The van der Waals surface area contributed by atoms with E-state index in [4.69, 9.17) is 0 Å². The molecular weight excluding hydrogens is 348 g/mol. The molecule has 0 saturated heterocycles. The maximum atomic E-state index is 2.40. The molecule has 0 heterocycles. The summed E-state index contributed by atoms with van der Waals surface area (Å²) < 4.78 is 0. The summed E-state index contributed by atoms with van der Waals surface area (Å²) in [4.78, 5) is 0. The van der Waals surface area contributed by atoms with E-state index in [0.717, 1.165) is 12.8 Å². The minimum Gasteiger partial charge on any atom is -0.0616 e. The summed E-state index contributed by atoms with van der Waals surface area (Å²) in [5.41, 5.74) is 9.89. The zero-order valence-corrected chi connectivity index (χ0v) is 16.6. The average Bonchev–Trinajstić information content (AvgIpc) is 2.78. The largest absolute Gasteiger partial charge is 0.0616 e. The smallest absolute Gasteiger partial charge is 0.00580 e. The molecule has 1 aliphatic rings. The van der Waals surface area contributed by atoms with Crippen LogP contribution in [0.15, 0.2) is 91.0 Å². The second-order valence-corrected chi connectivity index (χ2v) is 8.19. The van der Waals surface area contributed by atoms with Crippen molar-refractivity contribution in [3.05, 3.63) is 108 Å². The quantitative estimate of drug-likeness (QED) is 0.283. The van der Waals surface area contributed by atoms with Gasteiger partial charge in [0.2, 0.25) is 0 Å². The lowest BCUT2D eigenvalue weighted by Gasteiger charge is -2.26. The Balaban J connectivity index is 1.79. The molecule has 1 aliphatic carbocycles. The molecule has 0 aliphatic heterocycles. The lowest BCUT2D eigenvalue weighted by atomic mass is 9.77. The number of hydrogen-bond donors (Lipinski definition) is 0. The van der Waals surface area contributed by atoms with Crippen molar-refractivity contribution >= 4 is 21.5 Å². The molecule has 5 aromatic carbocycles. The Hall–Kier alpha value is -3.38. The molecule has 138 valence electrons. The first kappa shape index (κ1) is 16.6. The van der Waals surface area contributed by atoms with Crippen LogP contribution in [-0.2, 0) is 12.8 Å². The number of rotatable bonds is 1. The van der Waals surface area contributed by atoms with Crippen LogP contribution in [0.5, 0.6) is 0 Å². The van der Waals surface area contributed by atoms with Gasteiger partial charge in [-0.05, 0) is 80.8 Å². The van der Waals surface area contributed by atoms with E-state index in [1.165, 1.54) is 60.5 Å². The summed E-state index contributed by atoms with van der Waals surface area (Å²) in [6, 6.07) is 33.7. The van der Waals surface area contributed by atoms with Gasteiger partial charge in [-0.3, -0.25) is 0 Å². The molecule has 0 radical (unpaired) electrons. The molecule has 0 heteroatoms. The van der Waals surface area contributed by atoms with Crippen LogP contribution in [0, 0.1) is 6.92 Å². The number of fused-ring (bicyclic) bond motifs is 7. The van der Waals surface area contributed by atoms with Gasteiger partial charge in [-0.2, -0.15) is 0 Å². The molecule has 0 amide bonds. The van der Waals surface area contributed by atoms with Crippen LogP contribution in [0.25, 0.3) is 43.8 Å². The molecule has 29 heavy (non-hydrogen) atoms. The summed E-state index contributed by atoms with van der Waals surface area (Å²) in [7, 11) is 0. The van der Waals surface area contributed by atoms with Crippen LogP contribution in [0.1, 0.15) is 16.7 Å². The Morgan fingerprint density at radius 1 is 0.586 bits per heavy atom. The molecule has 0 unspecified atom stereocenters. The predicted octanol–water partition coefficient (Wildman–Crippen LogP) is 7.73. The van der Waals surface area contributed by atoms with E-state index in [0.29, 0.717) is 0 Å². The number of aryl methyl sites for hydroxylation is 2. The third-order valence-electron chi connectivity index (χ3n) is 6.40. The molecule has 0 N–H and O–H groups in total. The van der Waals surface area contributed by atoms with E-state index in [1.54, 1.807) is 0 Å². The maximum absolute atomic E-state index is 2.40. The summed E-state index contributed by atoms with van der Waals surface area (Å²) in [5.74, 6) is 0. The van der Waals surface area contributed by atoms with Crippen LogP contribution in [0.4, 0.5) is 0 Å². The molecule has 0 nitrogen and oxygen atoms in total. The van der Waals surface area contributed by atoms with Gasteiger partial charge >= 0.3 is 0 Å². The number of benzene rings is 5. The van der Waals surface area contributed by atoms with Gasteiger partial charge in [0, 0.05) is 0 Å². The first-order chi connectivity index (χ1) is 14.3. The normalized spacial score (nSPS) is 12.7. The van der Waals surface area contributed by atoms with Gasteiger partial charge in [0.15, 0.2) is 0 Å². The summed E-state index contributed by atoms with van der Waals surface area (Å²) >= 11 is 0. The predicted molar refractivity (Wildman–Crippen MR) is 124 cm³/mol. The lowest BCUT2D eigenvalue weighted by Crippen LogP contribution is -2.07. The Morgan fingerprint density at radius 3 is 2.17 bits per heavy atom. The van der Waals surface area contributed by atoms with E-state index in [-0.39, 0.29) is 0 Å². The highest BCUT2D eigenvalue weighted by molar-refractivity contribution is 6.10. The molecule has 0 fully saturated rings. The SMILES string of the molecule is Cc1cccc(-c2cc3ccccc3c3c2CCc2ccc4ccccc4c2-3)c1. The minimum absolute atomic E-state index is 1.09. The van der Waals surface area contributed by atoms with Crippen molar-refractivity contribution in [3.8, 4) is 22.3 Å². The highest BCUT2D eigenvalue weighted by Gasteiger charge is 2.24. The van der Waals surface area contributed by atoms with Gasteiger partial charge in [-0.15, -0.1) is 0 Å². The van der Waals surface area contributed by atoms with Crippen molar-refractivity contribution in [2.75, 3.05) is 0 Å². The second-order valence-electron chi connectivity index (χ2n) is 8.19. The van der Waals surface area contributed by atoms with Crippen LogP contribution in [0.3, 0.4) is 0 Å². The van der Waals surface area contributed by atoms with Gasteiger partial charge in [0.1, 0.15) is 0 Å². The standard InChI is InChI=1S/C29H22/c1-19-7-6-10-22(17-19)27-18-23-9-3-5-12-25(23)29-26(27)16-15-21-14-13-20-8-2-4-11-24(20)28(21)29/h2-14,17-18H,15-16H2,1H3. The van der Waals surface area contributed by atoms with E-state index < -0.39 is 0 Å². The lowest BCUT2D eigenvalue weighted by molar-refractivity contribution is 0.950. The summed E-state index contributed by atoms with van der Waals surface area (Å²) in [5, 5.41) is 5.39. The Morgan fingerprint density at radius 2 is 1.34 bits per heavy atom. The van der Waals surface area contributed by atoms with E-state index >= 15 is 0 Å². The molecule has 0 aromatic heterocycles. The molecule has 6 rings (SSSR count). The molecule has 5 aromatic rings. The van der Waals surface area contributed by atoms with Crippen molar-refractivity contribution in [2.24, 2.45) is 0 Å². The van der Waals surface area contributed by atoms with E-state index in [1.807, 2.05) is 0 Å². The van der Waals surface area contributed by atoms with Crippen molar-refractivity contribution in [1.29, 1.82) is 0 Å². The van der Waals surface area contributed by atoms with Gasteiger partial charge in [0.05, 0.1) is 0 Å². The monoisotopic (exact) mass is 370 g/mol. The molecule has 0 saturated carbocycles. The van der Waals surface area contributed by atoms with Gasteiger partial charge in [-0.25, -0.2) is 0 Å². The number of hydrogen-bond acceptors (Lipinski definition) is 0. The van der Waals surface area contributed by atoms with Crippen LogP contribution < -0.4 is 0 Å². The Kier molecular flexibility index (Phi) is 3.61.